The number of nitrogens with one attached hydrogen (secondary N) is 1. The fraction of sp³-hybridized carbons (Fsp3) is 0.300. The standard InChI is InChI=1S/C20H20ClN5O2S2/c1-4-26-16(10-28-15-7-12(2)18(21)13(3)8-15)24-25-20(26)30-11-17(27)23-19-14(9-22)5-6-29-19/h5-8H,4,10-11H2,1-3H3,(H,23,27). The molecule has 0 aliphatic heterocycles. The van der Waals surface area contributed by atoms with Crippen LogP contribution < -0.4 is 10.1 Å². The van der Waals surface area contributed by atoms with E-state index in [0.717, 1.165) is 21.9 Å². The van der Waals surface area contributed by atoms with Crippen molar-refractivity contribution in [1.82, 2.24) is 14.8 Å². The molecule has 0 fully saturated rings. The lowest BCUT2D eigenvalue weighted by atomic mass is 10.1. The molecular formula is C20H20ClN5O2S2. The number of amides is 1. The molecule has 10 heteroatoms. The van der Waals surface area contributed by atoms with Gasteiger partial charge in [0.15, 0.2) is 11.0 Å². The molecule has 0 aliphatic carbocycles. The molecule has 2 heterocycles. The predicted octanol–water partition coefficient (Wildman–Crippen LogP) is 4.81. The van der Waals surface area contributed by atoms with E-state index in [1.807, 2.05) is 37.5 Å². The number of nitriles is 1. The Morgan fingerprint density at radius 2 is 2.10 bits per heavy atom. The first kappa shape index (κ1) is 22.2. The van der Waals surface area contributed by atoms with Crippen molar-refractivity contribution in [2.75, 3.05) is 11.1 Å². The van der Waals surface area contributed by atoms with Gasteiger partial charge >= 0.3 is 0 Å². The Morgan fingerprint density at radius 1 is 1.37 bits per heavy atom. The Hall–Kier alpha value is -2.54. The lowest BCUT2D eigenvalue weighted by Crippen LogP contribution is -2.14. The van der Waals surface area contributed by atoms with Crippen molar-refractivity contribution < 1.29 is 9.53 Å². The van der Waals surface area contributed by atoms with E-state index in [0.29, 0.717) is 28.1 Å². The van der Waals surface area contributed by atoms with Crippen LogP contribution in [0.3, 0.4) is 0 Å². The molecular weight excluding hydrogens is 442 g/mol. The molecule has 1 aromatic carbocycles. The van der Waals surface area contributed by atoms with Gasteiger partial charge in [0.2, 0.25) is 5.91 Å². The van der Waals surface area contributed by atoms with Gasteiger partial charge in [-0.05, 0) is 55.5 Å². The summed E-state index contributed by atoms with van der Waals surface area (Å²) in [4.78, 5) is 12.2. The summed E-state index contributed by atoms with van der Waals surface area (Å²) in [5, 5.41) is 23.9. The minimum atomic E-state index is -0.200. The molecule has 1 amide bonds. The van der Waals surface area contributed by atoms with E-state index in [-0.39, 0.29) is 18.3 Å². The van der Waals surface area contributed by atoms with Gasteiger partial charge in [-0.15, -0.1) is 21.5 Å². The number of aromatic nitrogens is 3. The number of anilines is 1. The maximum atomic E-state index is 12.2. The van der Waals surface area contributed by atoms with Crippen molar-refractivity contribution >= 4 is 45.6 Å². The predicted molar refractivity (Wildman–Crippen MR) is 119 cm³/mol. The van der Waals surface area contributed by atoms with Gasteiger partial charge in [-0.3, -0.25) is 4.79 Å². The third-order valence-corrected chi connectivity index (χ3v) is 6.65. The maximum absolute atomic E-state index is 12.2. The van der Waals surface area contributed by atoms with E-state index in [9.17, 15) is 4.79 Å². The van der Waals surface area contributed by atoms with Crippen molar-refractivity contribution in [3.8, 4) is 11.8 Å². The van der Waals surface area contributed by atoms with E-state index in [1.54, 1.807) is 11.4 Å². The van der Waals surface area contributed by atoms with Crippen molar-refractivity contribution in [3.63, 3.8) is 0 Å². The quantitative estimate of drug-likeness (QED) is 0.484. The second kappa shape index (κ2) is 9.98. The lowest BCUT2D eigenvalue weighted by molar-refractivity contribution is -0.113. The highest BCUT2D eigenvalue weighted by Crippen LogP contribution is 2.27. The summed E-state index contributed by atoms with van der Waals surface area (Å²) in [6, 6.07) is 7.51. The van der Waals surface area contributed by atoms with Gasteiger partial charge in [0.1, 0.15) is 23.4 Å². The molecule has 3 rings (SSSR count). The Balaban J connectivity index is 1.61. The molecule has 30 heavy (non-hydrogen) atoms. The van der Waals surface area contributed by atoms with Gasteiger partial charge in [0.05, 0.1) is 11.3 Å². The second-order valence-electron chi connectivity index (χ2n) is 6.41. The number of benzene rings is 1. The number of carbonyl (C=O) groups is 1. The Kier molecular flexibility index (Phi) is 7.37. The molecule has 7 nitrogen and oxygen atoms in total. The van der Waals surface area contributed by atoms with Crippen molar-refractivity contribution in [3.05, 3.63) is 51.1 Å². The van der Waals surface area contributed by atoms with Crippen LogP contribution in [0, 0.1) is 25.2 Å². The van der Waals surface area contributed by atoms with Crippen LogP contribution in [-0.4, -0.2) is 26.4 Å². The summed E-state index contributed by atoms with van der Waals surface area (Å²) < 4.78 is 7.80. The van der Waals surface area contributed by atoms with Crippen LogP contribution in [-0.2, 0) is 17.9 Å². The average Bonchev–Trinajstić information content (AvgIpc) is 3.34. The van der Waals surface area contributed by atoms with Crippen molar-refractivity contribution in [2.45, 2.75) is 39.1 Å². The Bertz CT molecular complexity index is 1080. The Morgan fingerprint density at radius 3 is 2.77 bits per heavy atom. The van der Waals surface area contributed by atoms with Crippen molar-refractivity contribution in [2.24, 2.45) is 0 Å². The summed E-state index contributed by atoms with van der Waals surface area (Å²) in [6.07, 6.45) is 0. The van der Waals surface area contributed by atoms with Gasteiger partial charge in [-0.1, -0.05) is 23.4 Å². The van der Waals surface area contributed by atoms with E-state index in [1.165, 1.54) is 23.1 Å². The lowest BCUT2D eigenvalue weighted by Gasteiger charge is -2.11. The zero-order chi connectivity index (χ0) is 21.7. The summed E-state index contributed by atoms with van der Waals surface area (Å²) in [5.41, 5.74) is 2.37. The largest absolute Gasteiger partial charge is 0.486 e. The van der Waals surface area contributed by atoms with E-state index < -0.39 is 0 Å². The SMILES string of the molecule is CCn1c(COc2cc(C)c(Cl)c(C)c2)nnc1SCC(=O)Nc1sccc1C#N. The first-order valence-corrected chi connectivity index (χ1v) is 11.4. The van der Waals surface area contributed by atoms with Crippen LogP contribution >= 0.6 is 34.7 Å². The molecule has 0 atom stereocenters. The summed E-state index contributed by atoms with van der Waals surface area (Å²) in [6.45, 7) is 6.77. The highest BCUT2D eigenvalue weighted by Gasteiger charge is 2.15. The maximum Gasteiger partial charge on any atom is 0.235 e. The molecule has 0 aliphatic rings. The molecule has 0 saturated carbocycles. The molecule has 0 spiro atoms. The number of aryl methyl sites for hydroxylation is 2. The fourth-order valence-electron chi connectivity index (χ4n) is 2.77. The summed E-state index contributed by atoms with van der Waals surface area (Å²) in [7, 11) is 0. The molecule has 0 bridgehead atoms. The average molecular weight is 462 g/mol. The van der Waals surface area contributed by atoms with Gasteiger partial charge in [0.25, 0.3) is 0 Å². The third kappa shape index (κ3) is 5.14. The van der Waals surface area contributed by atoms with Crippen LogP contribution in [0.4, 0.5) is 5.00 Å². The highest BCUT2D eigenvalue weighted by molar-refractivity contribution is 7.99. The minimum absolute atomic E-state index is 0.164. The number of nitrogens with zero attached hydrogens (tertiary/aromatic N) is 4. The van der Waals surface area contributed by atoms with Gasteiger partial charge in [-0.25, -0.2) is 0 Å². The zero-order valence-electron chi connectivity index (χ0n) is 16.7. The topological polar surface area (TPSA) is 92.8 Å². The summed E-state index contributed by atoms with van der Waals surface area (Å²) in [5.74, 6) is 1.36. The Labute approximate surface area is 188 Å². The van der Waals surface area contributed by atoms with E-state index in [4.69, 9.17) is 21.6 Å². The third-order valence-electron chi connectivity index (χ3n) is 4.26. The molecule has 0 unspecified atom stereocenters. The first-order chi connectivity index (χ1) is 14.4. The minimum Gasteiger partial charge on any atom is -0.486 e. The van der Waals surface area contributed by atoms with E-state index >= 15 is 0 Å². The van der Waals surface area contributed by atoms with Gasteiger partial charge in [0, 0.05) is 11.6 Å². The van der Waals surface area contributed by atoms with E-state index in [2.05, 4.69) is 21.6 Å². The van der Waals surface area contributed by atoms with Gasteiger partial charge in [-0.2, -0.15) is 5.26 Å². The van der Waals surface area contributed by atoms with Crippen LogP contribution in [0.25, 0.3) is 0 Å². The highest BCUT2D eigenvalue weighted by atomic mass is 35.5. The van der Waals surface area contributed by atoms with Crippen LogP contribution in [0.5, 0.6) is 5.75 Å². The smallest absolute Gasteiger partial charge is 0.235 e. The van der Waals surface area contributed by atoms with Gasteiger partial charge < -0.3 is 14.6 Å². The molecule has 1 N–H and O–H groups in total. The second-order valence-corrected chi connectivity index (χ2v) is 8.65. The van der Waals surface area contributed by atoms with Crippen LogP contribution in [0.1, 0.15) is 29.4 Å². The number of rotatable bonds is 8. The number of thiophene rings is 1. The van der Waals surface area contributed by atoms with Crippen molar-refractivity contribution in [1.29, 1.82) is 5.26 Å². The molecule has 156 valence electrons. The number of halogens is 1. The molecule has 3 aromatic rings. The fourth-order valence-corrected chi connectivity index (χ4v) is 4.46. The molecule has 0 saturated heterocycles. The number of hydrogen-bond donors (Lipinski definition) is 1. The molecule has 0 radical (unpaired) electrons. The molecule has 2 aromatic heterocycles. The number of hydrogen-bond acceptors (Lipinski definition) is 7. The summed E-state index contributed by atoms with van der Waals surface area (Å²) >= 11 is 8.82. The monoisotopic (exact) mass is 461 g/mol. The number of thioether (sulfide) groups is 1. The van der Waals surface area contributed by atoms with Crippen LogP contribution in [0.15, 0.2) is 28.7 Å². The normalized spacial score (nSPS) is 10.6. The first-order valence-electron chi connectivity index (χ1n) is 9.14. The number of ether oxygens (including phenoxy) is 1. The van der Waals surface area contributed by atoms with Crippen LogP contribution in [0.2, 0.25) is 5.02 Å². The zero-order valence-corrected chi connectivity index (χ0v) is 19.1. The number of carbonyl (C=O) groups excluding carboxylic acids is 1.